The van der Waals surface area contributed by atoms with Crippen LogP contribution in [-0.4, -0.2) is 98.6 Å². The van der Waals surface area contributed by atoms with Crippen LogP contribution in [0.1, 0.15) is 84.3 Å². The van der Waals surface area contributed by atoms with Gasteiger partial charge in [-0.2, -0.15) is 0 Å². The third-order valence-electron chi connectivity index (χ3n) is 8.56. The molecule has 0 bridgehead atoms. The fourth-order valence-corrected chi connectivity index (χ4v) is 6.56. The van der Waals surface area contributed by atoms with E-state index in [1.54, 1.807) is 26.0 Å². The van der Waals surface area contributed by atoms with Gasteiger partial charge in [0, 0.05) is 13.0 Å². The predicted molar refractivity (Wildman–Crippen MR) is 189 cm³/mol. The number of nitrogens with zero attached hydrogens (tertiary/aromatic N) is 1. The van der Waals surface area contributed by atoms with Gasteiger partial charge in [0.1, 0.15) is 30.2 Å². The highest BCUT2D eigenvalue weighted by atomic mass is 31.2. The van der Waals surface area contributed by atoms with Crippen LogP contribution in [0.15, 0.2) is 24.3 Å². The molecule has 17 heteroatoms. The Labute approximate surface area is 299 Å². The quantitative estimate of drug-likeness (QED) is 0.0867. The lowest BCUT2D eigenvalue weighted by Crippen LogP contribution is -2.60. The van der Waals surface area contributed by atoms with Crippen molar-refractivity contribution in [3.8, 4) is 0 Å². The molecule has 16 nitrogen and oxygen atoms in total. The van der Waals surface area contributed by atoms with Crippen molar-refractivity contribution in [3.63, 3.8) is 0 Å². The lowest BCUT2D eigenvalue weighted by molar-refractivity contribution is -0.144. The molecule has 51 heavy (non-hydrogen) atoms. The zero-order valence-corrected chi connectivity index (χ0v) is 31.0. The van der Waals surface area contributed by atoms with Crippen LogP contribution < -0.4 is 27.0 Å². The van der Waals surface area contributed by atoms with Crippen LogP contribution in [-0.2, 0) is 45.9 Å². The summed E-state index contributed by atoms with van der Waals surface area (Å²) in [5.41, 5.74) is 6.45. The van der Waals surface area contributed by atoms with E-state index in [1.165, 1.54) is 17.0 Å². The Morgan fingerprint density at radius 2 is 1.51 bits per heavy atom. The normalized spacial score (nSPS) is 17.0. The first-order valence-corrected chi connectivity index (χ1v) is 19.2. The van der Waals surface area contributed by atoms with Crippen LogP contribution in [0.25, 0.3) is 0 Å². The van der Waals surface area contributed by atoms with Gasteiger partial charge in [0.15, 0.2) is 0 Å². The fraction of sp³-hybridized carbons (Fsp3) is 0.647. The van der Waals surface area contributed by atoms with Crippen molar-refractivity contribution in [2.45, 2.75) is 116 Å². The van der Waals surface area contributed by atoms with Crippen molar-refractivity contribution >= 4 is 43.1 Å². The largest absolute Gasteiger partial charge is 0.480 e. The van der Waals surface area contributed by atoms with Gasteiger partial charge in [-0.25, -0.2) is 4.79 Å². The van der Waals surface area contributed by atoms with Gasteiger partial charge in [0.05, 0.1) is 12.7 Å². The number of rotatable bonds is 20. The number of unbranched alkanes of at least 4 members (excludes halogenated alkanes) is 1. The molecule has 1 aliphatic heterocycles. The molecular weight excluding hydrogens is 683 g/mol. The first kappa shape index (κ1) is 43.3. The molecule has 0 spiro atoms. The summed E-state index contributed by atoms with van der Waals surface area (Å²) >= 11 is 0. The van der Waals surface area contributed by atoms with Gasteiger partial charge in [-0.05, 0) is 48.6 Å². The second-order valence-electron chi connectivity index (χ2n) is 13.8. The van der Waals surface area contributed by atoms with E-state index < -0.39 is 91.9 Å². The van der Waals surface area contributed by atoms with E-state index in [9.17, 15) is 48.2 Å². The molecule has 0 unspecified atom stereocenters. The number of hydrogen-bond donors (Lipinski definition) is 8. The van der Waals surface area contributed by atoms with Crippen LogP contribution in [0.5, 0.6) is 0 Å². The van der Waals surface area contributed by atoms with E-state index in [4.69, 9.17) is 5.73 Å². The second kappa shape index (κ2) is 20.3. The number of nitrogens with two attached hydrogens (primary N) is 1. The van der Waals surface area contributed by atoms with Crippen LogP contribution in [0.2, 0.25) is 0 Å². The third-order valence-corrected chi connectivity index (χ3v) is 9.34. The van der Waals surface area contributed by atoms with E-state index in [2.05, 4.69) is 21.3 Å². The molecule has 9 N–H and O–H groups in total. The standard InChI is InChI=1S/C34H55N6O10P/c1-6-7-9-24(30(42)38-26(34(46)47)16-20(2)3)37-32(44)27-10-8-15-40(27)33(45)29(21(4)5)39-31(43)25(36-28(41)18-35)17-22-11-13-23(14-12-22)19-51(48,49)50/h11-14,20-21,24-27,29H,6-10,15-19,35H2,1-5H3,(H,36,41)(H,37,44)(H,38,42)(H,39,43)(H,46,47)(H2,48,49,50)/t24-,25-,26-,27-,29-/m0/s1. The molecule has 5 amide bonds. The van der Waals surface area contributed by atoms with E-state index >= 15 is 0 Å². The summed E-state index contributed by atoms with van der Waals surface area (Å²) < 4.78 is 11.4. The van der Waals surface area contributed by atoms with Gasteiger partial charge in [-0.15, -0.1) is 0 Å². The number of benzene rings is 1. The minimum absolute atomic E-state index is 0.00382. The molecular formula is C34H55N6O10P. The Balaban J connectivity index is 2.23. The van der Waals surface area contributed by atoms with E-state index in [0.717, 1.165) is 6.42 Å². The average Bonchev–Trinajstić information content (AvgIpc) is 3.54. The van der Waals surface area contributed by atoms with E-state index in [-0.39, 0.29) is 31.7 Å². The van der Waals surface area contributed by atoms with Crippen LogP contribution in [0.3, 0.4) is 0 Å². The molecule has 1 fully saturated rings. The summed E-state index contributed by atoms with van der Waals surface area (Å²) in [5, 5.41) is 20.2. The first-order chi connectivity index (χ1) is 23.9. The van der Waals surface area contributed by atoms with Crippen molar-refractivity contribution in [1.29, 1.82) is 0 Å². The molecule has 0 aromatic heterocycles. The van der Waals surface area contributed by atoms with Crippen LogP contribution in [0.4, 0.5) is 0 Å². The Morgan fingerprint density at radius 3 is 2.04 bits per heavy atom. The predicted octanol–water partition coefficient (Wildman–Crippen LogP) is 0.773. The van der Waals surface area contributed by atoms with Crippen molar-refractivity contribution < 1.29 is 48.2 Å². The number of carbonyl (C=O) groups excluding carboxylic acids is 5. The second-order valence-corrected chi connectivity index (χ2v) is 15.5. The minimum Gasteiger partial charge on any atom is -0.480 e. The fourth-order valence-electron chi connectivity index (χ4n) is 5.88. The lowest BCUT2D eigenvalue weighted by atomic mass is 9.99. The maximum Gasteiger partial charge on any atom is 0.329 e. The molecule has 1 heterocycles. The molecule has 0 radical (unpaired) electrons. The summed E-state index contributed by atoms with van der Waals surface area (Å²) in [6.07, 6.45) is 2.16. The molecule has 0 saturated carbocycles. The van der Waals surface area contributed by atoms with Gasteiger partial charge in [-0.1, -0.05) is 71.7 Å². The van der Waals surface area contributed by atoms with Crippen molar-refractivity contribution in [2.24, 2.45) is 17.6 Å². The maximum absolute atomic E-state index is 14.0. The summed E-state index contributed by atoms with van der Waals surface area (Å²) in [7, 11) is -4.29. The number of aliphatic carboxylic acids is 1. The SMILES string of the molecule is CCCC[C@H](NC(=O)[C@@H]1CCCN1C(=O)[C@@H](NC(=O)[C@H](Cc1ccc(CP(=O)(O)O)cc1)NC(=O)CN)C(C)C)C(=O)N[C@@H](CC(C)C)C(=O)O. The molecule has 0 aliphatic carbocycles. The van der Waals surface area contributed by atoms with Crippen LogP contribution in [0, 0.1) is 11.8 Å². The maximum atomic E-state index is 14.0. The Kier molecular flexibility index (Phi) is 17.2. The summed E-state index contributed by atoms with van der Waals surface area (Å²) in [5.74, 6) is -4.57. The summed E-state index contributed by atoms with van der Waals surface area (Å²) in [6.45, 7) is 8.88. The Morgan fingerprint density at radius 1 is 0.902 bits per heavy atom. The number of nitrogens with one attached hydrogen (secondary N) is 4. The van der Waals surface area contributed by atoms with Gasteiger partial charge in [0.25, 0.3) is 0 Å². The zero-order valence-electron chi connectivity index (χ0n) is 30.1. The highest BCUT2D eigenvalue weighted by Gasteiger charge is 2.40. The monoisotopic (exact) mass is 738 g/mol. The molecule has 1 aromatic carbocycles. The molecule has 286 valence electrons. The molecule has 1 saturated heterocycles. The van der Waals surface area contributed by atoms with E-state index in [0.29, 0.717) is 30.4 Å². The van der Waals surface area contributed by atoms with Gasteiger partial charge in [0.2, 0.25) is 29.5 Å². The van der Waals surface area contributed by atoms with Gasteiger partial charge < -0.3 is 46.8 Å². The minimum atomic E-state index is -4.29. The molecule has 2 rings (SSSR count). The number of carbonyl (C=O) groups is 6. The molecule has 1 aliphatic rings. The number of carboxylic acids is 1. The van der Waals surface area contributed by atoms with Crippen molar-refractivity contribution in [2.75, 3.05) is 13.1 Å². The number of carboxylic acid groups (broad SMARTS) is 1. The molecule has 5 atom stereocenters. The Hall–Kier alpha value is -3.85. The lowest BCUT2D eigenvalue weighted by Gasteiger charge is -2.32. The van der Waals surface area contributed by atoms with Crippen molar-refractivity contribution in [1.82, 2.24) is 26.2 Å². The Bertz CT molecular complexity index is 1420. The van der Waals surface area contributed by atoms with Gasteiger partial charge in [-0.3, -0.25) is 28.5 Å². The number of likely N-dealkylation sites (tertiary alicyclic amines) is 1. The van der Waals surface area contributed by atoms with Gasteiger partial charge >= 0.3 is 13.6 Å². The first-order valence-electron chi connectivity index (χ1n) is 17.4. The van der Waals surface area contributed by atoms with E-state index in [1.807, 2.05) is 20.8 Å². The highest BCUT2D eigenvalue weighted by molar-refractivity contribution is 7.50. The highest BCUT2D eigenvalue weighted by Crippen LogP contribution is 2.39. The third kappa shape index (κ3) is 14.4. The number of amides is 5. The van der Waals surface area contributed by atoms with Crippen molar-refractivity contribution in [3.05, 3.63) is 35.4 Å². The zero-order chi connectivity index (χ0) is 38.5. The van der Waals surface area contributed by atoms with Crippen LogP contribution >= 0.6 is 7.60 Å². The summed E-state index contributed by atoms with van der Waals surface area (Å²) in [4.78, 5) is 98.4. The summed E-state index contributed by atoms with van der Waals surface area (Å²) in [6, 6.07) is 0.893. The topological polar surface area (TPSA) is 258 Å². The number of hydrogen-bond acceptors (Lipinski definition) is 8. The molecule has 1 aromatic rings. The average molecular weight is 739 g/mol. The smallest absolute Gasteiger partial charge is 0.329 e.